The van der Waals surface area contributed by atoms with Crippen molar-refractivity contribution in [3.8, 4) is 11.3 Å². The van der Waals surface area contributed by atoms with E-state index in [1.165, 1.54) is 24.3 Å². The Hall–Kier alpha value is -2.30. The molecule has 2 rings (SSSR count). The predicted octanol–water partition coefficient (Wildman–Crippen LogP) is 2.81. The van der Waals surface area contributed by atoms with Crippen molar-refractivity contribution in [1.29, 1.82) is 0 Å². The van der Waals surface area contributed by atoms with Gasteiger partial charge in [-0.05, 0) is 18.2 Å². The fraction of sp³-hybridized carbons (Fsp3) is 0.0769. The van der Waals surface area contributed by atoms with Gasteiger partial charge in [0, 0.05) is 5.56 Å². The topological polar surface area (TPSA) is 39.2 Å². The van der Waals surface area contributed by atoms with Crippen LogP contribution in [0.1, 0.15) is 10.4 Å². The molecule has 0 bridgehead atoms. The highest BCUT2D eigenvalue weighted by Crippen LogP contribution is 2.20. The van der Waals surface area contributed by atoms with Crippen molar-refractivity contribution in [2.45, 2.75) is 0 Å². The molecule has 92 valence electrons. The monoisotopic (exact) mass is 249 g/mol. The van der Waals surface area contributed by atoms with E-state index < -0.39 is 17.6 Å². The van der Waals surface area contributed by atoms with E-state index in [2.05, 4.69) is 9.72 Å². The lowest BCUT2D eigenvalue weighted by atomic mass is 10.1. The Morgan fingerprint density at radius 1 is 1.28 bits per heavy atom. The van der Waals surface area contributed by atoms with E-state index in [4.69, 9.17) is 0 Å². The molecule has 0 aliphatic rings. The van der Waals surface area contributed by atoms with Crippen molar-refractivity contribution in [2.75, 3.05) is 7.11 Å². The van der Waals surface area contributed by atoms with Gasteiger partial charge in [-0.1, -0.05) is 12.1 Å². The fourth-order valence-electron chi connectivity index (χ4n) is 1.51. The number of hydrogen-bond donors (Lipinski definition) is 0. The van der Waals surface area contributed by atoms with E-state index in [1.807, 2.05) is 0 Å². The number of halogens is 2. The Balaban J connectivity index is 2.50. The Labute approximate surface area is 102 Å². The molecular formula is C13H9F2NO2. The zero-order chi connectivity index (χ0) is 13.1. The average molecular weight is 249 g/mol. The van der Waals surface area contributed by atoms with Crippen LogP contribution >= 0.6 is 0 Å². The minimum absolute atomic E-state index is 0.230. The summed E-state index contributed by atoms with van der Waals surface area (Å²) in [5, 5.41) is 0. The van der Waals surface area contributed by atoms with E-state index in [0.29, 0.717) is 11.3 Å². The van der Waals surface area contributed by atoms with Gasteiger partial charge in [0.1, 0.15) is 5.82 Å². The molecule has 0 N–H and O–H groups in total. The second-order valence-electron chi connectivity index (χ2n) is 3.55. The Bertz CT molecular complexity index is 599. The van der Waals surface area contributed by atoms with Gasteiger partial charge in [0.05, 0.1) is 24.6 Å². The zero-order valence-corrected chi connectivity index (χ0v) is 9.48. The maximum absolute atomic E-state index is 13.4. The number of esters is 1. The molecule has 18 heavy (non-hydrogen) atoms. The quantitative estimate of drug-likeness (QED) is 0.768. The number of aromatic nitrogens is 1. The van der Waals surface area contributed by atoms with Crippen molar-refractivity contribution in [2.24, 2.45) is 0 Å². The van der Waals surface area contributed by atoms with Gasteiger partial charge in [-0.3, -0.25) is 4.98 Å². The Kier molecular flexibility index (Phi) is 3.32. The van der Waals surface area contributed by atoms with E-state index in [1.54, 1.807) is 6.07 Å². The highest BCUT2D eigenvalue weighted by molar-refractivity contribution is 5.90. The van der Waals surface area contributed by atoms with Crippen LogP contribution in [0.2, 0.25) is 0 Å². The van der Waals surface area contributed by atoms with E-state index in [0.717, 1.165) is 13.3 Å². The molecule has 0 unspecified atom stereocenters. The van der Waals surface area contributed by atoms with Crippen LogP contribution < -0.4 is 0 Å². The lowest BCUT2D eigenvalue weighted by Gasteiger charge is -2.05. The SMILES string of the molecule is COC(=O)c1cc(-c2cccc(F)c2)ncc1F. The molecule has 5 heteroatoms. The molecule has 0 radical (unpaired) electrons. The molecule has 0 aliphatic heterocycles. The number of carbonyl (C=O) groups is 1. The smallest absolute Gasteiger partial charge is 0.340 e. The third-order valence-corrected chi connectivity index (χ3v) is 2.38. The first-order valence-corrected chi connectivity index (χ1v) is 5.11. The molecule has 0 amide bonds. The molecule has 3 nitrogen and oxygen atoms in total. The van der Waals surface area contributed by atoms with Crippen LogP contribution in [0, 0.1) is 11.6 Å². The number of carbonyl (C=O) groups excluding carboxylic acids is 1. The van der Waals surface area contributed by atoms with Crippen LogP contribution in [-0.4, -0.2) is 18.1 Å². The number of pyridine rings is 1. The Morgan fingerprint density at radius 3 is 2.72 bits per heavy atom. The number of hydrogen-bond acceptors (Lipinski definition) is 3. The summed E-state index contributed by atoms with van der Waals surface area (Å²) in [7, 11) is 1.16. The molecule has 2 aromatic rings. The third-order valence-electron chi connectivity index (χ3n) is 2.38. The minimum Gasteiger partial charge on any atom is -0.465 e. The molecule has 0 fully saturated rings. The number of rotatable bonds is 2. The maximum atomic E-state index is 13.4. The summed E-state index contributed by atoms with van der Waals surface area (Å²) in [5.74, 6) is -2.01. The number of benzene rings is 1. The second-order valence-corrected chi connectivity index (χ2v) is 3.55. The first-order chi connectivity index (χ1) is 8.61. The third kappa shape index (κ3) is 2.34. The number of ether oxygens (including phenoxy) is 1. The first kappa shape index (κ1) is 12.2. The molecule has 1 aromatic heterocycles. The largest absolute Gasteiger partial charge is 0.465 e. The molecule has 1 aromatic carbocycles. The molecule has 0 saturated carbocycles. The first-order valence-electron chi connectivity index (χ1n) is 5.11. The van der Waals surface area contributed by atoms with E-state index in [9.17, 15) is 13.6 Å². The van der Waals surface area contributed by atoms with Crippen molar-refractivity contribution < 1.29 is 18.3 Å². The summed E-state index contributed by atoms with van der Waals surface area (Å²) < 4.78 is 30.9. The molecular weight excluding hydrogens is 240 g/mol. The molecule has 1 heterocycles. The fourth-order valence-corrected chi connectivity index (χ4v) is 1.51. The summed E-state index contributed by atoms with van der Waals surface area (Å²) >= 11 is 0. The summed E-state index contributed by atoms with van der Waals surface area (Å²) in [6.07, 6.45) is 0.909. The van der Waals surface area contributed by atoms with Gasteiger partial charge in [-0.15, -0.1) is 0 Å². The van der Waals surface area contributed by atoms with Gasteiger partial charge in [-0.2, -0.15) is 0 Å². The number of methoxy groups -OCH3 is 1. The number of nitrogens with zero attached hydrogens (tertiary/aromatic N) is 1. The lowest BCUT2D eigenvalue weighted by Crippen LogP contribution is -2.05. The average Bonchev–Trinajstić information content (AvgIpc) is 2.38. The second kappa shape index (κ2) is 4.91. The molecule has 0 saturated heterocycles. The molecule has 0 atom stereocenters. The lowest BCUT2D eigenvalue weighted by molar-refractivity contribution is 0.0595. The summed E-state index contributed by atoms with van der Waals surface area (Å²) in [5.41, 5.74) is 0.531. The normalized spacial score (nSPS) is 10.2. The van der Waals surface area contributed by atoms with Gasteiger partial charge in [0.2, 0.25) is 0 Å². The van der Waals surface area contributed by atoms with Crippen LogP contribution in [0.25, 0.3) is 11.3 Å². The molecule has 0 spiro atoms. The highest BCUT2D eigenvalue weighted by Gasteiger charge is 2.14. The van der Waals surface area contributed by atoms with Gasteiger partial charge >= 0.3 is 5.97 Å². The zero-order valence-electron chi connectivity index (χ0n) is 9.48. The Morgan fingerprint density at radius 2 is 2.06 bits per heavy atom. The van der Waals surface area contributed by atoms with Crippen LogP contribution in [0.15, 0.2) is 36.5 Å². The molecule has 0 aliphatic carbocycles. The van der Waals surface area contributed by atoms with Crippen molar-refractivity contribution in [3.63, 3.8) is 0 Å². The van der Waals surface area contributed by atoms with Gasteiger partial charge < -0.3 is 4.74 Å². The standard InChI is InChI=1S/C13H9F2NO2/c1-18-13(17)10-6-12(16-7-11(10)15)8-3-2-4-9(14)5-8/h2-7H,1H3. The highest BCUT2D eigenvalue weighted by atomic mass is 19.1. The van der Waals surface area contributed by atoms with Crippen molar-refractivity contribution in [3.05, 3.63) is 53.7 Å². The minimum atomic E-state index is -0.799. The summed E-state index contributed by atoms with van der Waals surface area (Å²) in [6, 6.07) is 6.89. The van der Waals surface area contributed by atoms with Crippen LogP contribution in [0.3, 0.4) is 0 Å². The maximum Gasteiger partial charge on any atom is 0.340 e. The van der Waals surface area contributed by atoms with Crippen molar-refractivity contribution >= 4 is 5.97 Å². The van der Waals surface area contributed by atoms with Gasteiger partial charge in [0.15, 0.2) is 5.82 Å². The van der Waals surface area contributed by atoms with E-state index >= 15 is 0 Å². The van der Waals surface area contributed by atoms with Gasteiger partial charge in [-0.25, -0.2) is 13.6 Å². The van der Waals surface area contributed by atoms with Gasteiger partial charge in [0.25, 0.3) is 0 Å². The van der Waals surface area contributed by atoms with Crippen LogP contribution in [-0.2, 0) is 4.74 Å². The van der Waals surface area contributed by atoms with Crippen LogP contribution in [0.4, 0.5) is 8.78 Å². The van der Waals surface area contributed by atoms with Crippen LogP contribution in [0.5, 0.6) is 0 Å². The summed E-state index contributed by atoms with van der Waals surface area (Å²) in [6.45, 7) is 0. The predicted molar refractivity (Wildman–Crippen MR) is 60.9 cm³/mol. The summed E-state index contributed by atoms with van der Waals surface area (Å²) in [4.78, 5) is 15.1. The van der Waals surface area contributed by atoms with Crippen molar-refractivity contribution in [1.82, 2.24) is 4.98 Å². The van der Waals surface area contributed by atoms with E-state index in [-0.39, 0.29) is 5.56 Å².